The van der Waals surface area contributed by atoms with Gasteiger partial charge in [0.25, 0.3) is 5.91 Å². The lowest BCUT2D eigenvalue weighted by Crippen LogP contribution is -2.37. The van der Waals surface area contributed by atoms with Crippen molar-refractivity contribution in [3.8, 4) is 0 Å². The van der Waals surface area contributed by atoms with Gasteiger partial charge in [0, 0.05) is 15.5 Å². The number of hydrogen-bond donors (Lipinski definition) is 1. The van der Waals surface area contributed by atoms with Crippen LogP contribution in [0, 0.1) is 5.92 Å². The number of hydrogen-bond acceptors (Lipinski definition) is 2. The van der Waals surface area contributed by atoms with Crippen LogP contribution in [0.25, 0.3) is 0 Å². The van der Waals surface area contributed by atoms with E-state index < -0.39 is 5.97 Å². The van der Waals surface area contributed by atoms with Gasteiger partial charge in [-0.15, -0.1) is 0 Å². The number of carbonyl (C=O) groups is 2. The topological polar surface area (TPSA) is 57.6 Å². The van der Waals surface area contributed by atoms with Crippen molar-refractivity contribution in [1.29, 1.82) is 0 Å². The molecule has 0 aliphatic heterocycles. The van der Waals surface area contributed by atoms with E-state index in [1.807, 2.05) is 6.07 Å². The summed E-state index contributed by atoms with van der Waals surface area (Å²) in [6, 6.07) is 5.30. The molecule has 19 heavy (non-hydrogen) atoms. The molecule has 0 radical (unpaired) electrons. The van der Waals surface area contributed by atoms with Crippen LogP contribution in [0.5, 0.6) is 0 Å². The molecule has 1 fully saturated rings. The number of amides is 1. The van der Waals surface area contributed by atoms with E-state index in [0.29, 0.717) is 22.5 Å². The maximum atomic E-state index is 12.4. The highest BCUT2D eigenvalue weighted by molar-refractivity contribution is 9.11. The molecule has 1 aliphatic carbocycles. The zero-order valence-electron chi connectivity index (χ0n) is 10.1. The third-order valence-electron chi connectivity index (χ3n) is 2.95. The monoisotopic (exact) mass is 389 g/mol. The van der Waals surface area contributed by atoms with Gasteiger partial charge in [-0.05, 0) is 52.9 Å². The Hall–Kier alpha value is -0.880. The highest BCUT2D eigenvalue weighted by Gasteiger charge is 2.29. The number of carboxylic acid groups (broad SMARTS) is 1. The Morgan fingerprint density at radius 3 is 2.58 bits per heavy atom. The standard InChI is InChI=1S/C13H13Br2NO3/c14-9-3-4-11(15)10(5-9)13(19)16(7-12(17)18)6-8-1-2-8/h3-5,8H,1-2,6-7H2,(H,17,18). The molecule has 6 heteroatoms. The van der Waals surface area contributed by atoms with E-state index in [1.165, 1.54) is 4.90 Å². The molecule has 0 spiro atoms. The fourth-order valence-electron chi connectivity index (χ4n) is 1.83. The molecular weight excluding hydrogens is 378 g/mol. The van der Waals surface area contributed by atoms with Gasteiger partial charge in [0.05, 0.1) is 5.56 Å². The van der Waals surface area contributed by atoms with Crippen LogP contribution in [0.15, 0.2) is 27.1 Å². The Morgan fingerprint density at radius 1 is 1.32 bits per heavy atom. The molecule has 1 aromatic rings. The highest BCUT2D eigenvalue weighted by Crippen LogP contribution is 2.31. The van der Waals surface area contributed by atoms with Crippen LogP contribution in [0.3, 0.4) is 0 Å². The summed E-state index contributed by atoms with van der Waals surface area (Å²) in [5.74, 6) is -0.781. The minimum absolute atomic E-state index is 0.248. The van der Waals surface area contributed by atoms with Crippen molar-refractivity contribution in [2.75, 3.05) is 13.1 Å². The number of nitrogens with zero attached hydrogens (tertiary/aromatic N) is 1. The van der Waals surface area contributed by atoms with Crippen molar-refractivity contribution in [3.63, 3.8) is 0 Å². The molecule has 1 N–H and O–H groups in total. The summed E-state index contributed by atoms with van der Waals surface area (Å²) in [6.07, 6.45) is 2.14. The largest absolute Gasteiger partial charge is 0.480 e. The lowest BCUT2D eigenvalue weighted by Gasteiger charge is -2.21. The summed E-state index contributed by atoms with van der Waals surface area (Å²) in [6.45, 7) is 0.262. The van der Waals surface area contributed by atoms with Gasteiger partial charge in [-0.2, -0.15) is 0 Å². The molecule has 4 nitrogen and oxygen atoms in total. The van der Waals surface area contributed by atoms with Gasteiger partial charge >= 0.3 is 5.97 Å². The van der Waals surface area contributed by atoms with Crippen LogP contribution in [-0.4, -0.2) is 35.0 Å². The van der Waals surface area contributed by atoms with Crippen LogP contribution in [-0.2, 0) is 4.79 Å². The molecule has 102 valence electrons. The summed E-state index contributed by atoms with van der Waals surface area (Å²) in [4.78, 5) is 24.7. The van der Waals surface area contributed by atoms with Gasteiger partial charge in [-0.1, -0.05) is 15.9 Å². The maximum Gasteiger partial charge on any atom is 0.323 e. The number of carboxylic acids is 1. The van der Waals surface area contributed by atoms with Crippen molar-refractivity contribution in [2.45, 2.75) is 12.8 Å². The van der Waals surface area contributed by atoms with E-state index in [2.05, 4.69) is 31.9 Å². The average molecular weight is 391 g/mol. The first-order chi connectivity index (χ1) is 8.97. The summed E-state index contributed by atoms with van der Waals surface area (Å²) in [5, 5.41) is 8.92. The van der Waals surface area contributed by atoms with Crippen molar-refractivity contribution in [2.24, 2.45) is 5.92 Å². The number of benzene rings is 1. The van der Waals surface area contributed by atoms with E-state index in [1.54, 1.807) is 12.1 Å². The second kappa shape index (κ2) is 6.05. The van der Waals surface area contributed by atoms with Crippen LogP contribution in [0.1, 0.15) is 23.2 Å². The highest BCUT2D eigenvalue weighted by atomic mass is 79.9. The lowest BCUT2D eigenvalue weighted by molar-refractivity contribution is -0.137. The first kappa shape index (κ1) is 14.5. The molecule has 1 aromatic carbocycles. The normalized spacial score (nSPS) is 14.2. The van der Waals surface area contributed by atoms with Crippen molar-refractivity contribution in [1.82, 2.24) is 4.90 Å². The van der Waals surface area contributed by atoms with Crippen LogP contribution in [0.2, 0.25) is 0 Å². The van der Waals surface area contributed by atoms with Gasteiger partial charge < -0.3 is 10.0 Å². The zero-order chi connectivity index (χ0) is 14.0. The predicted octanol–water partition coefficient (Wildman–Crippen LogP) is 3.15. The molecule has 2 rings (SSSR count). The molecule has 1 saturated carbocycles. The van der Waals surface area contributed by atoms with Crippen molar-refractivity contribution in [3.05, 3.63) is 32.7 Å². The smallest absolute Gasteiger partial charge is 0.323 e. The number of carbonyl (C=O) groups excluding carboxylic acids is 1. The van der Waals surface area contributed by atoms with Gasteiger partial charge in [0.1, 0.15) is 6.54 Å². The fourth-order valence-corrected chi connectivity index (χ4v) is 2.60. The molecule has 0 saturated heterocycles. The second-order valence-corrected chi connectivity index (χ2v) is 6.42. The van der Waals surface area contributed by atoms with Gasteiger partial charge in [-0.25, -0.2) is 0 Å². The van der Waals surface area contributed by atoms with E-state index in [9.17, 15) is 9.59 Å². The Morgan fingerprint density at radius 2 is 2.00 bits per heavy atom. The Bertz CT molecular complexity index is 515. The van der Waals surface area contributed by atoms with E-state index in [0.717, 1.165) is 17.3 Å². The van der Waals surface area contributed by atoms with Crippen molar-refractivity contribution < 1.29 is 14.7 Å². The first-order valence-corrected chi connectivity index (χ1v) is 7.52. The summed E-state index contributed by atoms with van der Waals surface area (Å²) in [5.41, 5.74) is 0.483. The Balaban J connectivity index is 2.21. The van der Waals surface area contributed by atoms with Gasteiger partial charge in [-0.3, -0.25) is 9.59 Å². The van der Waals surface area contributed by atoms with Crippen LogP contribution in [0.4, 0.5) is 0 Å². The SMILES string of the molecule is O=C(O)CN(CC1CC1)C(=O)c1cc(Br)ccc1Br. The maximum absolute atomic E-state index is 12.4. The number of halogens is 2. The lowest BCUT2D eigenvalue weighted by atomic mass is 10.2. The van der Waals surface area contributed by atoms with Crippen molar-refractivity contribution >= 4 is 43.7 Å². The van der Waals surface area contributed by atoms with E-state index in [-0.39, 0.29) is 12.5 Å². The molecule has 1 amide bonds. The van der Waals surface area contributed by atoms with Gasteiger partial charge in [0.2, 0.25) is 0 Å². The molecule has 0 atom stereocenters. The Labute approximate surface area is 128 Å². The van der Waals surface area contributed by atoms with Crippen LogP contribution >= 0.6 is 31.9 Å². The molecule has 0 heterocycles. The molecular formula is C13H13Br2NO3. The summed E-state index contributed by atoms with van der Waals surface area (Å²) >= 11 is 6.65. The minimum atomic E-state index is -0.986. The quantitative estimate of drug-likeness (QED) is 0.840. The average Bonchev–Trinajstić information content (AvgIpc) is 3.14. The third kappa shape index (κ3) is 4.04. The first-order valence-electron chi connectivity index (χ1n) is 5.93. The number of rotatable bonds is 5. The summed E-state index contributed by atoms with van der Waals surface area (Å²) < 4.78 is 1.47. The zero-order valence-corrected chi connectivity index (χ0v) is 13.3. The summed E-state index contributed by atoms with van der Waals surface area (Å²) in [7, 11) is 0. The van der Waals surface area contributed by atoms with Crippen LogP contribution < -0.4 is 0 Å². The molecule has 0 aromatic heterocycles. The molecule has 0 bridgehead atoms. The predicted molar refractivity (Wildman–Crippen MR) is 78.1 cm³/mol. The van der Waals surface area contributed by atoms with E-state index in [4.69, 9.17) is 5.11 Å². The third-order valence-corrected chi connectivity index (χ3v) is 4.13. The van der Waals surface area contributed by atoms with E-state index >= 15 is 0 Å². The Kier molecular flexibility index (Phi) is 4.62. The number of aliphatic carboxylic acids is 1. The van der Waals surface area contributed by atoms with Gasteiger partial charge in [0.15, 0.2) is 0 Å². The minimum Gasteiger partial charge on any atom is -0.480 e. The fraction of sp³-hybridized carbons (Fsp3) is 0.385. The second-order valence-electron chi connectivity index (χ2n) is 4.65. The molecule has 0 unspecified atom stereocenters. The molecule has 1 aliphatic rings.